The molecular formula is C10H15OP. The van der Waals surface area contributed by atoms with E-state index in [-0.39, 0.29) is 0 Å². The van der Waals surface area contributed by atoms with E-state index < -0.39 is 7.14 Å². The highest BCUT2D eigenvalue weighted by Gasteiger charge is 2.07. The summed E-state index contributed by atoms with van der Waals surface area (Å²) in [4.78, 5) is 0. The van der Waals surface area contributed by atoms with E-state index in [1.807, 2.05) is 13.3 Å². The van der Waals surface area contributed by atoms with Crippen LogP contribution in [0, 0.1) is 6.92 Å². The van der Waals surface area contributed by atoms with Crippen LogP contribution in [0.5, 0.6) is 0 Å². The number of hydrogen-bond donors (Lipinski definition) is 0. The highest BCUT2D eigenvalue weighted by Crippen LogP contribution is 2.40. The largest absolute Gasteiger partial charge is 0.324 e. The molecule has 0 saturated carbocycles. The van der Waals surface area contributed by atoms with Crippen molar-refractivity contribution < 1.29 is 4.57 Å². The predicted octanol–water partition coefficient (Wildman–Crippen LogP) is 3.12. The van der Waals surface area contributed by atoms with Crippen LogP contribution in [0.4, 0.5) is 0 Å². The summed E-state index contributed by atoms with van der Waals surface area (Å²) in [6.45, 7) is 5.71. The molecule has 0 N–H and O–H groups in total. The van der Waals surface area contributed by atoms with Gasteiger partial charge in [-0.25, -0.2) is 0 Å². The molecule has 0 aromatic heterocycles. The molecule has 0 atom stereocenters. The molecule has 0 saturated heterocycles. The van der Waals surface area contributed by atoms with Gasteiger partial charge in [0.25, 0.3) is 0 Å². The summed E-state index contributed by atoms with van der Waals surface area (Å²) >= 11 is 0. The van der Waals surface area contributed by atoms with Crippen molar-refractivity contribution in [2.75, 3.05) is 13.3 Å². The van der Waals surface area contributed by atoms with Gasteiger partial charge in [-0.2, -0.15) is 0 Å². The van der Waals surface area contributed by atoms with E-state index in [0.717, 1.165) is 0 Å². The van der Waals surface area contributed by atoms with Crippen LogP contribution in [-0.4, -0.2) is 13.3 Å². The van der Waals surface area contributed by atoms with E-state index in [9.17, 15) is 4.57 Å². The third-order valence-electron chi connectivity index (χ3n) is 1.68. The summed E-state index contributed by atoms with van der Waals surface area (Å²) in [5.41, 5.74) is 2.43. The molecule has 0 fully saturated rings. The molecule has 0 heterocycles. The maximum atomic E-state index is 11.5. The van der Waals surface area contributed by atoms with Crippen LogP contribution in [0.2, 0.25) is 0 Å². The first-order valence-corrected chi connectivity index (χ1v) is 6.85. The van der Waals surface area contributed by atoms with Crippen LogP contribution in [0.3, 0.4) is 0 Å². The maximum Gasteiger partial charge on any atom is 0.0861 e. The lowest BCUT2D eigenvalue weighted by Crippen LogP contribution is -1.85. The highest BCUT2D eigenvalue weighted by atomic mass is 31.2. The third-order valence-corrected chi connectivity index (χ3v) is 2.81. The second-order valence-electron chi connectivity index (χ2n) is 3.72. The molecular weight excluding hydrogens is 167 g/mol. The van der Waals surface area contributed by atoms with E-state index in [0.29, 0.717) is 6.16 Å². The Morgan fingerprint density at radius 1 is 1.17 bits per heavy atom. The molecule has 0 radical (unpaired) electrons. The van der Waals surface area contributed by atoms with Gasteiger partial charge >= 0.3 is 0 Å². The van der Waals surface area contributed by atoms with E-state index in [2.05, 4.69) is 31.2 Å². The fourth-order valence-corrected chi connectivity index (χ4v) is 2.22. The molecule has 0 unspecified atom stereocenters. The van der Waals surface area contributed by atoms with Crippen molar-refractivity contribution in [2.45, 2.75) is 13.1 Å². The minimum Gasteiger partial charge on any atom is -0.324 e. The SMILES string of the molecule is Cc1ccc(CP(C)(C)=O)cc1. The zero-order valence-corrected chi connectivity index (χ0v) is 8.77. The summed E-state index contributed by atoms with van der Waals surface area (Å²) in [6, 6.07) is 8.22. The zero-order chi connectivity index (χ0) is 9.19. The Labute approximate surface area is 74.2 Å². The molecule has 0 aliphatic carbocycles. The maximum absolute atomic E-state index is 11.5. The first kappa shape index (κ1) is 9.54. The van der Waals surface area contributed by atoms with Crippen molar-refractivity contribution in [3.05, 3.63) is 35.4 Å². The number of rotatable bonds is 2. The van der Waals surface area contributed by atoms with Crippen LogP contribution in [0.15, 0.2) is 24.3 Å². The van der Waals surface area contributed by atoms with E-state index in [4.69, 9.17) is 0 Å². The second-order valence-corrected chi connectivity index (χ2v) is 7.18. The molecule has 0 spiro atoms. The molecule has 66 valence electrons. The minimum absolute atomic E-state index is 0.716. The summed E-state index contributed by atoms with van der Waals surface area (Å²) in [5.74, 6) is 0. The Kier molecular flexibility index (Phi) is 2.74. The van der Waals surface area contributed by atoms with E-state index in [1.165, 1.54) is 11.1 Å². The summed E-state index contributed by atoms with van der Waals surface area (Å²) in [7, 11) is -1.90. The van der Waals surface area contributed by atoms with Gasteiger partial charge in [-0.15, -0.1) is 0 Å². The topological polar surface area (TPSA) is 17.1 Å². The smallest absolute Gasteiger partial charge is 0.0861 e. The fraction of sp³-hybridized carbons (Fsp3) is 0.400. The number of hydrogen-bond acceptors (Lipinski definition) is 1. The fourth-order valence-electron chi connectivity index (χ4n) is 1.13. The molecule has 1 nitrogen and oxygen atoms in total. The Balaban J connectivity index is 2.78. The Morgan fingerprint density at radius 2 is 1.67 bits per heavy atom. The number of benzene rings is 1. The van der Waals surface area contributed by atoms with Gasteiger partial charge in [-0.3, -0.25) is 0 Å². The van der Waals surface area contributed by atoms with Gasteiger partial charge in [0.15, 0.2) is 0 Å². The molecule has 0 aliphatic rings. The Hall–Kier alpha value is -0.550. The van der Waals surface area contributed by atoms with Crippen LogP contribution >= 0.6 is 7.14 Å². The van der Waals surface area contributed by atoms with Gasteiger partial charge in [0.1, 0.15) is 0 Å². The van der Waals surface area contributed by atoms with E-state index >= 15 is 0 Å². The third kappa shape index (κ3) is 3.23. The lowest BCUT2D eigenvalue weighted by Gasteiger charge is -2.05. The molecule has 1 aromatic carbocycles. The van der Waals surface area contributed by atoms with Crippen molar-refractivity contribution in [2.24, 2.45) is 0 Å². The molecule has 1 rings (SSSR count). The van der Waals surface area contributed by atoms with Crippen molar-refractivity contribution >= 4 is 7.14 Å². The first-order valence-electron chi connectivity index (χ1n) is 4.07. The Morgan fingerprint density at radius 3 is 2.08 bits per heavy atom. The van der Waals surface area contributed by atoms with Crippen LogP contribution in [0.25, 0.3) is 0 Å². The first-order chi connectivity index (χ1) is 5.47. The quantitative estimate of drug-likeness (QED) is 0.642. The summed E-state index contributed by atoms with van der Waals surface area (Å²) < 4.78 is 11.5. The Bertz CT molecular complexity index is 294. The predicted molar refractivity (Wildman–Crippen MR) is 54.3 cm³/mol. The van der Waals surface area contributed by atoms with Gasteiger partial charge in [-0.1, -0.05) is 29.8 Å². The number of aryl methyl sites for hydroxylation is 1. The van der Waals surface area contributed by atoms with Crippen LogP contribution in [-0.2, 0) is 10.7 Å². The molecule has 0 bridgehead atoms. The van der Waals surface area contributed by atoms with Crippen molar-refractivity contribution in [3.63, 3.8) is 0 Å². The van der Waals surface area contributed by atoms with Gasteiger partial charge in [-0.05, 0) is 25.8 Å². The molecule has 1 aromatic rings. The van der Waals surface area contributed by atoms with Gasteiger partial charge in [0.05, 0.1) is 7.14 Å². The van der Waals surface area contributed by atoms with Crippen LogP contribution in [0.1, 0.15) is 11.1 Å². The molecule has 12 heavy (non-hydrogen) atoms. The van der Waals surface area contributed by atoms with Crippen LogP contribution < -0.4 is 0 Å². The molecule has 0 amide bonds. The summed E-state index contributed by atoms with van der Waals surface area (Å²) in [5, 5.41) is 0. The lowest BCUT2D eigenvalue weighted by molar-refractivity contribution is 0.582. The highest BCUT2D eigenvalue weighted by molar-refractivity contribution is 7.61. The van der Waals surface area contributed by atoms with Crippen molar-refractivity contribution in [1.82, 2.24) is 0 Å². The molecule has 2 heteroatoms. The summed E-state index contributed by atoms with van der Waals surface area (Å²) in [6.07, 6.45) is 0.716. The molecule has 0 aliphatic heterocycles. The van der Waals surface area contributed by atoms with Crippen molar-refractivity contribution in [3.8, 4) is 0 Å². The lowest BCUT2D eigenvalue weighted by atomic mass is 10.2. The minimum atomic E-state index is -1.90. The zero-order valence-electron chi connectivity index (χ0n) is 7.87. The van der Waals surface area contributed by atoms with Gasteiger partial charge in [0.2, 0.25) is 0 Å². The van der Waals surface area contributed by atoms with Gasteiger partial charge in [0, 0.05) is 6.16 Å². The standard InChI is InChI=1S/C10H15OP/c1-9-4-6-10(7-5-9)8-12(2,3)11/h4-7H,8H2,1-3H3. The van der Waals surface area contributed by atoms with E-state index in [1.54, 1.807) is 0 Å². The van der Waals surface area contributed by atoms with Crippen molar-refractivity contribution in [1.29, 1.82) is 0 Å². The average Bonchev–Trinajstić information content (AvgIpc) is 1.91. The average molecular weight is 182 g/mol. The normalized spacial score (nSPS) is 11.6. The second kappa shape index (κ2) is 3.45. The monoisotopic (exact) mass is 182 g/mol. The van der Waals surface area contributed by atoms with Gasteiger partial charge < -0.3 is 4.57 Å².